The number of hydrogen-bond donors (Lipinski definition) is 0. The van der Waals surface area contributed by atoms with Gasteiger partial charge in [-0.05, 0) is 36.8 Å². The first kappa shape index (κ1) is 12.6. The van der Waals surface area contributed by atoms with Crippen molar-refractivity contribution in [3.8, 4) is 6.07 Å². The second-order valence-corrected chi connectivity index (χ2v) is 7.14. The van der Waals surface area contributed by atoms with Crippen LogP contribution in [-0.2, 0) is 10.0 Å². The number of aromatic nitrogens is 1. The molecule has 0 aromatic carbocycles. The van der Waals surface area contributed by atoms with E-state index >= 15 is 0 Å². The summed E-state index contributed by atoms with van der Waals surface area (Å²) in [6.45, 7) is 1.18. The largest absolute Gasteiger partial charge is 0.245 e. The Morgan fingerprint density at radius 1 is 1.32 bits per heavy atom. The van der Waals surface area contributed by atoms with Crippen LogP contribution in [0.3, 0.4) is 0 Å². The van der Waals surface area contributed by atoms with E-state index in [1.165, 1.54) is 23.0 Å². The van der Waals surface area contributed by atoms with Crippen LogP contribution in [0.2, 0.25) is 0 Å². The first-order valence-electron chi connectivity index (χ1n) is 6.48. The molecule has 1 aliphatic carbocycles. The fraction of sp³-hybridized carbons (Fsp3) is 0.538. The summed E-state index contributed by atoms with van der Waals surface area (Å²) in [7, 11) is -3.58. The Bertz CT molecular complexity index is 624. The van der Waals surface area contributed by atoms with Crippen molar-refractivity contribution in [2.45, 2.75) is 24.2 Å². The number of hydrogen-bond acceptors (Lipinski definition) is 4. The summed E-state index contributed by atoms with van der Waals surface area (Å²) in [5.41, 5.74) is -0.0143. The number of nitriles is 1. The number of pyridine rings is 1. The Labute approximate surface area is 112 Å². The molecule has 100 valence electrons. The van der Waals surface area contributed by atoms with Crippen molar-refractivity contribution < 1.29 is 8.42 Å². The van der Waals surface area contributed by atoms with Gasteiger partial charge in [0.2, 0.25) is 10.0 Å². The summed E-state index contributed by atoms with van der Waals surface area (Å²) < 4.78 is 26.7. The Balaban J connectivity index is 1.94. The van der Waals surface area contributed by atoms with E-state index in [0.29, 0.717) is 24.9 Å². The van der Waals surface area contributed by atoms with Crippen molar-refractivity contribution in [2.75, 3.05) is 13.1 Å². The van der Waals surface area contributed by atoms with Gasteiger partial charge in [0, 0.05) is 19.3 Å². The van der Waals surface area contributed by atoms with Gasteiger partial charge in [-0.15, -0.1) is 0 Å². The molecule has 2 fully saturated rings. The summed E-state index contributed by atoms with van der Waals surface area (Å²) in [6.07, 6.45) is 4.89. The van der Waals surface area contributed by atoms with Gasteiger partial charge in [-0.2, -0.15) is 9.57 Å². The SMILES string of the molecule is N#Cc1ncccc1S(=O)(=O)N1CC2CCCC2C1. The van der Waals surface area contributed by atoms with Crippen LogP contribution in [0, 0.1) is 23.2 Å². The lowest BCUT2D eigenvalue weighted by Crippen LogP contribution is -2.30. The molecule has 2 aliphatic rings. The first-order valence-corrected chi connectivity index (χ1v) is 7.92. The Kier molecular flexibility index (Phi) is 3.03. The molecule has 1 saturated heterocycles. The van der Waals surface area contributed by atoms with Gasteiger partial charge < -0.3 is 0 Å². The van der Waals surface area contributed by atoms with E-state index in [2.05, 4.69) is 4.98 Å². The first-order chi connectivity index (χ1) is 9.13. The van der Waals surface area contributed by atoms with Gasteiger partial charge >= 0.3 is 0 Å². The van der Waals surface area contributed by atoms with E-state index in [1.807, 2.05) is 6.07 Å². The molecular weight excluding hydrogens is 262 g/mol. The summed E-state index contributed by atoms with van der Waals surface area (Å²) in [5.74, 6) is 0.994. The molecule has 0 spiro atoms. The third kappa shape index (κ3) is 2.03. The highest BCUT2D eigenvalue weighted by atomic mass is 32.2. The number of sulfonamides is 1. The standard InChI is InChI=1S/C13H15N3O2S/c14-7-12-13(5-2-6-15-12)19(17,18)16-8-10-3-1-4-11(10)9-16/h2,5-6,10-11H,1,3-4,8-9H2. The second-order valence-electron chi connectivity index (χ2n) is 5.24. The highest BCUT2D eigenvalue weighted by Crippen LogP contribution is 2.39. The van der Waals surface area contributed by atoms with Gasteiger partial charge in [0.05, 0.1) is 0 Å². The van der Waals surface area contributed by atoms with Crippen molar-refractivity contribution in [2.24, 2.45) is 11.8 Å². The fourth-order valence-electron chi connectivity index (χ4n) is 3.21. The predicted molar refractivity (Wildman–Crippen MR) is 68.5 cm³/mol. The van der Waals surface area contributed by atoms with Crippen molar-refractivity contribution in [3.63, 3.8) is 0 Å². The van der Waals surface area contributed by atoms with Crippen LogP contribution in [0.4, 0.5) is 0 Å². The molecular formula is C13H15N3O2S. The maximum atomic E-state index is 12.6. The maximum Gasteiger partial charge on any atom is 0.245 e. The third-order valence-corrected chi connectivity index (χ3v) is 6.05. The molecule has 0 bridgehead atoms. The predicted octanol–water partition coefficient (Wildman–Crippen LogP) is 1.37. The van der Waals surface area contributed by atoms with Crippen LogP contribution < -0.4 is 0 Å². The zero-order chi connectivity index (χ0) is 13.5. The lowest BCUT2D eigenvalue weighted by atomic mass is 10.0. The molecule has 2 heterocycles. The smallest absolute Gasteiger partial charge is 0.244 e. The average molecular weight is 277 g/mol. The molecule has 5 nitrogen and oxygen atoms in total. The molecule has 3 rings (SSSR count). The summed E-state index contributed by atoms with van der Waals surface area (Å²) in [6, 6.07) is 4.89. The van der Waals surface area contributed by atoms with Gasteiger partial charge in [-0.1, -0.05) is 6.42 Å². The molecule has 2 atom stereocenters. The molecule has 6 heteroatoms. The van der Waals surface area contributed by atoms with Crippen LogP contribution in [0.5, 0.6) is 0 Å². The monoisotopic (exact) mass is 277 g/mol. The maximum absolute atomic E-state index is 12.6. The number of rotatable bonds is 2. The van der Waals surface area contributed by atoms with Gasteiger partial charge in [0.1, 0.15) is 11.0 Å². The van der Waals surface area contributed by atoms with Gasteiger partial charge in [-0.3, -0.25) is 0 Å². The molecule has 19 heavy (non-hydrogen) atoms. The van der Waals surface area contributed by atoms with Crippen LogP contribution >= 0.6 is 0 Å². The van der Waals surface area contributed by atoms with Crippen LogP contribution in [0.25, 0.3) is 0 Å². The van der Waals surface area contributed by atoms with E-state index in [0.717, 1.165) is 12.8 Å². The van der Waals surface area contributed by atoms with Gasteiger partial charge in [-0.25, -0.2) is 13.4 Å². The molecule has 1 aromatic rings. The number of nitrogens with zero attached hydrogens (tertiary/aromatic N) is 3. The lowest BCUT2D eigenvalue weighted by Gasteiger charge is -2.17. The molecule has 0 N–H and O–H groups in total. The highest BCUT2D eigenvalue weighted by molar-refractivity contribution is 7.89. The molecule has 0 radical (unpaired) electrons. The Hall–Kier alpha value is -1.45. The third-order valence-electron chi connectivity index (χ3n) is 4.19. The zero-order valence-electron chi connectivity index (χ0n) is 10.5. The zero-order valence-corrected chi connectivity index (χ0v) is 11.3. The minimum atomic E-state index is -3.58. The average Bonchev–Trinajstić information content (AvgIpc) is 2.99. The van der Waals surface area contributed by atoms with E-state index in [-0.39, 0.29) is 10.6 Å². The topological polar surface area (TPSA) is 74.1 Å². The molecule has 2 unspecified atom stereocenters. The van der Waals surface area contributed by atoms with Gasteiger partial charge in [0.15, 0.2) is 5.69 Å². The molecule has 0 amide bonds. The van der Waals surface area contributed by atoms with E-state index in [9.17, 15) is 8.42 Å². The summed E-state index contributed by atoms with van der Waals surface area (Å²) in [5, 5.41) is 8.99. The van der Waals surface area contributed by atoms with Gasteiger partial charge in [0.25, 0.3) is 0 Å². The molecule has 1 aliphatic heterocycles. The Morgan fingerprint density at radius 2 is 2.00 bits per heavy atom. The van der Waals surface area contributed by atoms with Crippen molar-refractivity contribution >= 4 is 10.0 Å². The number of fused-ring (bicyclic) bond motifs is 1. The highest BCUT2D eigenvalue weighted by Gasteiger charge is 2.42. The molecule has 1 aromatic heterocycles. The van der Waals surface area contributed by atoms with E-state index in [4.69, 9.17) is 5.26 Å². The minimum absolute atomic E-state index is 0.0143. The fourth-order valence-corrected chi connectivity index (χ4v) is 4.86. The summed E-state index contributed by atoms with van der Waals surface area (Å²) >= 11 is 0. The van der Waals surface area contributed by atoms with Crippen molar-refractivity contribution in [1.82, 2.24) is 9.29 Å². The Morgan fingerprint density at radius 3 is 2.63 bits per heavy atom. The second kappa shape index (κ2) is 4.58. The summed E-state index contributed by atoms with van der Waals surface area (Å²) in [4.78, 5) is 3.88. The quantitative estimate of drug-likeness (QED) is 0.818. The lowest BCUT2D eigenvalue weighted by molar-refractivity contribution is 0.445. The normalized spacial score (nSPS) is 27.1. The van der Waals surface area contributed by atoms with E-state index < -0.39 is 10.0 Å². The van der Waals surface area contributed by atoms with E-state index in [1.54, 1.807) is 6.07 Å². The van der Waals surface area contributed by atoms with Crippen molar-refractivity contribution in [3.05, 3.63) is 24.0 Å². The minimum Gasteiger partial charge on any atom is -0.244 e. The van der Waals surface area contributed by atoms with Crippen LogP contribution in [0.1, 0.15) is 25.0 Å². The van der Waals surface area contributed by atoms with Crippen molar-refractivity contribution in [1.29, 1.82) is 5.26 Å². The molecule has 1 saturated carbocycles. The van der Waals surface area contributed by atoms with Crippen LogP contribution in [-0.4, -0.2) is 30.8 Å². The van der Waals surface area contributed by atoms with Crippen LogP contribution in [0.15, 0.2) is 23.2 Å².